The van der Waals surface area contributed by atoms with Crippen molar-refractivity contribution >= 4 is 0 Å². The summed E-state index contributed by atoms with van der Waals surface area (Å²) in [4.78, 5) is 4.33. The second-order valence-electron chi connectivity index (χ2n) is 5.58. The number of para-hydroxylation sites is 1. The number of aliphatic hydroxyl groups excluding tert-OH is 1. The lowest BCUT2D eigenvalue weighted by Crippen LogP contribution is -2.13. The van der Waals surface area contributed by atoms with Gasteiger partial charge in [-0.25, -0.2) is 0 Å². The fourth-order valence-corrected chi connectivity index (χ4v) is 2.29. The highest BCUT2D eigenvalue weighted by molar-refractivity contribution is 5.35. The molecule has 0 saturated heterocycles. The van der Waals surface area contributed by atoms with Crippen LogP contribution in [0.1, 0.15) is 37.5 Å². The van der Waals surface area contributed by atoms with Gasteiger partial charge in [0.05, 0.1) is 19.6 Å². The first kappa shape index (κ1) is 15.5. The van der Waals surface area contributed by atoms with Crippen LogP contribution in [0.2, 0.25) is 0 Å². The van der Waals surface area contributed by atoms with Crippen molar-refractivity contribution < 1.29 is 14.4 Å². The van der Waals surface area contributed by atoms with Crippen LogP contribution < -0.4 is 4.74 Å². The lowest BCUT2D eigenvalue weighted by molar-refractivity contribution is 0.138. The molecule has 0 radical (unpaired) electrons. The van der Waals surface area contributed by atoms with Gasteiger partial charge in [0.25, 0.3) is 0 Å². The zero-order valence-corrected chi connectivity index (χ0v) is 12.7. The summed E-state index contributed by atoms with van der Waals surface area (Å²) in [5, 5.41) is 13.9. The maximum atomic E-state index is 9.91. The number of hydrogen-bond acceptors (Lipinski definition) is 5. The number of benzene rings is 1. The van der Waals surface area contributed by atoms with Crippen LogP contribution in [-0.2, 0) is 12.8 Å². The zero-order valence-electron chi connectivity index (χ0n) is 12.7. The molecule has 21 heavy (non-hydrogen) atoms. The van der Waals surface area contributed by atoms with E-state index >= 15 is 0 Å². The van der Waals surface area contributed by atoms with E-state index in [0.717, 1.165) is 17.7 Å². The molecular weight excluding hydrogens is 268 g/mol. The largest absolute Gasteiger partial charge is 0.496 e. The molecule has 0 aliphatic heterocycles. The molecule has 1 aromatic carbocycles. The molecule has 1 aromatic heterocycles. The molecule has 0 fully saturated rings. The Bertz CT molecular complexity index is 566. The van der Waals surface area contributed by atoms with E-state index in [4.69, 9.17) is 9.26 Å². The monoisotopic (exact) mass is 290 g/mol. The number of rotatable bonds is 7. The van der Waals surface area contributed by atoms with Crippen molar-refractivity contribution in [2.75, 3.05) is 7.11 Å². The lowest BCUT2D eigenvalue weighted by atomic mass is 10.0. The first-order valence-electron chi connectivity index (χ1n) is 7.20. The van der Waals surface area contributed by atoms with Crippen molar-refractivity contribution in [2.45, 2.75) is 39.2 Å². The molecule has 1 N–H and O–H groups in total. The summed E-state index contributed by atoms with van der Waals surface area (Å²) in [7, 11) is 1.64. The highest BCUT2D eigenvalue weighted by Gasteiger charge is 2.14. The minimum absolute atomic E-state index is 0.400. The van der Waals surface area contributed by atoms with Gasteiger partial charge in [-0.15, -0.1) is 0 Å². The van der Waals surface area contributed by atoms with Crippen LogP contribution >= 0.6 is 0 Å². The Morgan fingerprint density at radius 1 is 1.29 bits per heavy atom. The molecule has 0 spiro atoms. The molecule has 5 nitrogen and oxygen atoms in total. The van der Waals surface area contributed by atoms with E-state index in [-0.39, 0.29) is 0 Å². The fourth-order valence-electron chi connectivity index (χ4n) is 2.29. The van der Waals surface area contributed by atoms with E-state index in [2.05, 4.69) is 24.0 Å². The number of ether oxygens (including phenoxy) is 1. The number of nitrogens with zero attached hydrogens (tertiary/aromatic N) is 2. The predicted octanol–water partition coefficient (Wildman–Crippen LogP) is 2.62. The summed E-state index contributed by atoms with van der Waals surface area (Å²) in [6.07, 6.45) is 1.24. The van der Waals surface area contributed by atoms with Crippen LogP contribution in [0.3, 0.4) is 0 Å². The molecule has 5 heteroatoms. The molecule has 0 aliphatic rings. The van der Waals surface area contributed by atoms with Crippen molar-refractivity contribution in [3.63, 3.8) is 0 Å². The van der Waals surface area contributed by atoms with Gasteiger partial charge >= 0.3 is 0 Å². The van der Waals surface area contributed by atoms with Crippen molar-refractivity contribution in [3.8, 4) is 5.75 Å². The van der Waals surface area contributed by atoms with Gasteiger partial charge in [0.15, 0.2) is 5.82 Å². The maximum absolute atomic E-state index is 9.91. The standard InChI is InChI=1S/C16H22N2O3/c1-11(2)8-13(19)10-16-17-15(18-21-16)9-12-6-4-5-7-14(12)20-3/h4-7,11,13,19H,8-10H2,1-3H3. The Hall–Kier alpha value is -1.88. The van der Waals surface area contributed by atoms with Gasteiger partial charge in [0.2, 0.25) is 5.89 Å². The van der Waals surface area contributed by atoms with Gasteiger partial charge in [0.1, 0.15) is 5.75 Å². The zero-order chi connectivity index (χ0) is 15.2. The molecule has 0 aliphatic carbocycles. The van der Waals surface area contributed by atoms with Crippen LogP contribution in [-0.4, -0.2) is 28.5 Å². The van der Waals surface area contributed by atoms with Gasteiger partial charge in [-0.1, -0.05) is 37.2 Å². The smallest absolute Gasteiger partial charge is 0.229 e. The number of aliphatic hydroxyl groups is 1. The Morgan fingerprint density at radius 2 is 2.05 bits per heavy atom. The molecule has 0 saturated carbocycles. The number of methoxy groups -OCH3 is 1. The first-order valence-corrected chi connectivity index (χ1v) is 7.20. The topological polar surface area (TPSA) is 68.4 Å². The first-order chi connectivity index (χ1) is 10.1. The van der Waals surface area contributed by atoms with Crippen LogP contribution in [0.5, 0.6) is 5.75 Å². The summed E-state index contributed by atoms with van der Waals surface area (Å²) < 4.78 is 10.5. The van der Waals surface area contributed by atoms with Crippen molar-refractivity contribution in [3.05, 3.63) is 41.5 Å². The summed E-state index contributed by atoms with van der Waals surface area (Å²) in [5.74, 6) is 2.33. The molecule has 2 aromatic rings. The van der Waals surface area contributed by atoms with E-state index in [1.54, 1.807) is 7.11 Å². The van der Waals surface area contributed by atoms with Gasteiger partial charge in [0, 0.05) is 12.0 Å². The third-order valence-corrected chi connectivity index (χ3v) is 3.20. The highest BCUT2D eigenvalue weighted by Crippen LogP contribution is 2.20. The van der Waals surface area contributed by atoms with Gasteiger partial charge < -0.3 is 14.4 Å². The van der Waals surface area contributed by atoms with Gasteiger partial charge in [-0.3, -0.25) is 0 Å². The third kappa shape index (κ3) is 4.56. The molecule has 1 unspecified atom stereocenters. The third-order valence-electron chi connectivity index (χ3n) is 3.20. The van der Waals surface area contributed by atoms with Crippen LogP contribution in [0.15, 0.2) is 28.8 Å². The Morgan fingerprint density at radius 3 is 2.76 bits per heavy atom. The van der Waals surface area contributed by atoms with E-state index in [1.165, 1.54) is 0 Å². The lowest BCUT2D eigenvalue weighted by Gasteiger charge is -2.09. The summed E-state index contributed by atoms with van der Waals surface area (Å²) >= 11 is 0. The molecule has 0 amide bonds. The van der Waals surface area contributed by atoms with E-state index < -0.39 is 6.10 Å². The Labute approximate surface area is 125 Å². The average molecular weight is 290 g/mol. The Kier molecular flexibility index (Phi) is 5.33. The molecule has 0 bridgehead atoms. The van der Waals surface area contributed by atoms with Crippen molar-refractivity contribution in [1.29, 1.82) is 0 Å². The quantitative estimate of drug-likeness (QED) is 0.849. The van der Waals surface area contributed by atoms with E-state index in [0.29, 0.717) is 30.5 Å². The van der Waals surface area contributed by atoms with Crippen LogP contribution in [0.25, 0.3) is 0 Å². The molecule has 1 atom stereocenters. The summed E-state index contributed by atoms with van der Waals surface area (Å²) in [6, 6.07) is 7.75. The van der Waals surface area contributed by atoms with Crippen molar-refractivity contribution in [2.24, 2.45) is 5.92 Å². The van der Waals surface area contributed by atoms with E-state index in [9.17, 15) is 5.11 Å². The second kappa shape index (κ2) is 7.22. The normalized spacial score (nSPS) is 12.6. The average Bonchev–Trinajstić information content (AvgIpc) is 2.85. The minimum Gasteiger partial charge on any atom is -0.496 e. The van der Waals surface area contributed by atoms with Gasteiger partial charge in [-0.2, -0.15) is 4.98 Å². The summed E-state index contributed by atoms with van der Waals surface area (Å²) in [5.41, 5.74) is 1.01. The number of hydrogen-bond donors (Lipinski definition) is 1. The molecule has 114 valence electrons. The predicted molar refractivity (Wildman–Crippen MR) is 79.3 cm³/mol. The SMILES string of the molecule is COc1ccccc1Cc1noc(CC(O)CC(C)C)n1. The Balaban J connectivity index is 2.00. The molecule has 2 rings (SSSR count). The minimum atomic E-state index is -0.440. The van der Waals surface area contributed by atoms with Gasteiger partial charge in [-0.05, 0) is 18.4 Å². The number of aromatic nitrogens is 2. The fraction of sp³-hybridized carbons (Fsp3) is 0.500. The second-order valence-corrected chi connectivity index (χ2v) is 5.58. The van der Waals surface area contributed by atoms with Crippen molar-refractivity contribution in [1.82, 2.24) is 10.1 Å². The molecule has 1 heterocycles. The molecular formula is C16H22N2O3. The summed E-state index contributed by atoms with van der Waals surface area (Å²) in [6.45, 7) is 4.15. The maximum Gasteiger partial charge on any atom is 0.229 e. The highest BCUT2D eigenvalue weighted by atomic mass is 16.5. The van der Waals surface area contributed by atoms with Crippen LogP contribution in [0, 0.1) is 5.92 Å². The van der Waals surface area contributed by atoms with Crippen LogP contribution in [0.4, 0.5) is 0 Å². The van der Waals surface area contributed by atoms with E-state index in [1.807, 2.05) is 24.3 Å².